The minimum atomic E-state index is 0.0760. The lowest BCUT2D eigenvalue weighted by molar-refractivity contribution is 0.717. The van der Waals surface area contributed by atoms with Crippen LogP contribution in [-0.4, -0.2) is 0 Å². The Morgan fingerprint density at radius 3 is 2.88 bits per heavy atom. The molecule has 0 saturated carbocycles. The van der Waals surface area contributed by atoms with Gasteiger partial charge < -0.3 is 5.73 Å². The first kappa shape index (κ1) is 11.8. The quantitative estimate of drug-likeness (QED) is 0.908. The highest BCUT2D eigenvalue weighted by atomic mass is 79.9. The molecule has 0 spiro atoms. The van der Waals surface area contributed by atoms with E-state index in [-0.39, 0.29) is 6.04 Å². The van der Waals surface area contributed by atoms with Crippen molar-refractivity contribution >= 4 is 27.3 Å². The first-order valence-electron chi connectivity index (χ1n) is 5.20. The van der Waals surface area contributed by atoms with Crippen LogP contribution in [0.4, 0.5) is 0 Å². The Labute approximate surface area is 108 Å². The molecule has 1 atom stereocenters. The maximum absolute atomic E-state index is 6.24. The third-order valence-corrected chi connectivity index (χ3v) is 4.34. The van der Waals surface area contributed by atoms with Crippen LogP contribution in [0.1, 0.15) is 22.7 Å². The van der Waals surface area contributed by atoms with Crippen molar-refractivity contribution in [1.82, 2.24) is 0 Å². The number of benzene rings is 1. The molecule has 1 aromatic carbocycles. The summed E-state index contributed by atoms with van der Waals surface area (Å²) < 4.78 is 1.13. The Morgan fingerprint density at radius 2 is 2.19 bits per heavy atom. The second-order valence-electron chi connectivity index (χ2n) is 3.90. The summed E-state index contributed by atoms with van der Waals surface area (Å²) in [7, 11) is 0. The summed E-state index contributed by atoms with van der Waals surface area (Å²) in [5.74, 6) is 0. The standard InChI is InChI=1S/C13H14BrNS/c1-9-11(3-2-4-12(9)14)13(15)7-10-5-6-16-8-10/h2-6,8,13H,7,15H2,1H3. The lowest BCUT2D eigenvalue weighted by Crippen LogP contribution is -2.14. The van der Waals surface area contributed by atoms with Crippen LogP contribution in [0.25, 0.3) is 0 Å². The Morgan fingerprint density at radius 1 is 1.38 bits per heavy atom. The first-order chi connectivity index (χ1) is 7.68. The summed E-state index contributed by atoms with van der Waals surface area (Å²) in [6.45, 7) is 2.10. The summed E-state index contributed by atoms with van der Waals surface area (Å²) in [6.07, 6.45) is 0.904. The molecule has 0 aliphatic rings. The summed E-state index contributed by atoms with van der Waals surface area (Å²) in [5, 5.41) is 4.25. The summed E-state index contributed by atoms with van der Waals surface area (Å²) in [6, 6.07) is 8.41. The van der Waals surface area contributed by atoms with Crippen molar-refractivity contribution in [3.8, 4) is 0 Å². The zero-order valence-corrected chi connectivity index (χ0v) is 11.5. The molecular formula is C13H14BrNS. The highest BCUT2D eigenvalue weighted by Crippen LogP contribution is 2.25. The SMILES string of the molecule is Cc1c(Br)cccc1C(N)Cc1ccsc1. The number of hydrogen-bond donors (Lipinski definition) is 1. The van der Waals surface area contributed by atoms with Crippen molar-refractivity contribution in [2.45, 2.75) is 19.4 Å². The Bertz CT molecular complexity index is 465. The van der Waals surface area contributed by atoms with Crippen LogP contribution >= 0.6 is 27.3 Å². The molecular weight excluding hydrogens is 282 g/mol. The predicted molar refractivity (Wildman–Crippen MR) is 73.8 cm³/mol. The van der Waals surface area contributed by atoms with E-state index in [9.17, 15) is 0 Å². The topological polar surface area (TPSA) is 26.0 Å². The Balaban J connectivity index is 2.21. The van der Waals surface area contributed by atoms with Gasteiger partial charge in [-0.3, -0.25) is 0 Å². The van der Waals surface area contributed by atoms with E-state index in [1.807, 2.05) is 6.07 Å². The van der Waals surface area contributed by atoms with Gasteiger partial charge in [-0.1, -0.05) is 28.1 Å². The molecule has 0 fully saturated rings. The molecule has 2 N–H and O–H groups in total. The molecule has 0 saturated heterocycles. The van der Waals surface area contributed by atoms with Crippen LogP contribution < -0.4 is 5.73 Å². The minimum Gasteiger partial charge on any atom is -0.324 e. The van der Waals surface area contributed by atoms with E-state index >= 15 is 0 Å². The van der Waals surface area contributed by atoms with Gasteiger partial charge in [0.25, 0.3) is 0 Å². The van der Waals surface area contributed by atoms with E-state index in [0.29, 0.717) is 0 Å². The Kier molecular flexibility index (Phi) is 3.79. The van der Waals surface area contributed by atoms with Crippen LogP contribution in [0.5, 0.6) is 0 Å². The third kappa shape index (κ3) is 2.54. The van der Waals surface area contributed by atoms with E-state index in [1.165, 1.54) is 16.7 Å². The van der Waals surface area contributed by atoms with Crippen molar-refractivity contribution in [3.63, 3.8) is 0 Å². The van der Waals surface area contributed by atoms with E-state index in [0.717, 1.165) is 10.9 Å². The monoisotopic (exact) mass is 295 g/mol. The number of nitrogens with two attached hydrogens (primary N) is 1. The molecule has 84 valence electrons. The number of rotatable bonds is 3. The molecule has 1 heterocycles. The van der Waals surface area contributed by atoms with Crippen LogP contribution in [0.3, 0.4) is 0 Å². The van der Waals surface area contributed by atoms with Crippen molar-refractivity contribution in [1.29, 1.82) is 0 Å². The predicted octanol–water partition coefficient (Wildman–Crippen LogP) is 4.06. The molecule has 0 aliphatic heterocycles. The molecule has 0 aliphatic carbocycles. The average molecular weight is 296 g/mol. The molecule has 1 nitrogen and oxygen atoms in total. The van der Waals surface area contributed by atoms with Gasteiger partial charge in [-0.15, -0.1) is 0 Å². The minimum absolute atomic E-state index is 0.0760. The Hall–Kier alpha value is -0.640. The molecule has 2 rings (SSSR count). The van der Waals surface area contributed by atoms with Gasteiger partial charge in [0.15, 0.2) is 0 Å². The second kappa shape index (κ2) is 5.13. The maximum Gasteiger partial charge on any atom is 0.0339 e. The van der Waals surface area contributed by atoms with Gasteiger partial charge in [-0.05, 0) is 52.9 Å². The molecule has 16 heavy (non-hydrogen) atoms. The molecule has 0 radical (unpaired) electrons. The highest BCUT2D eigenvalue weighted by molar-refractivity contribution is 9.10. The van der Waals surface area contributed by atoms with Crippen LogP contribution in [0.2, 0.25) is 0 Å². The van der Waals surface area contributed by atoms with Gasteiger partial charge in [0.05, 0.1) is 0 Å². The highest BCUT2D eigenvalue weighted by Gasteiger charge is 2.11. The molecule has 0 amide bonds. The number of hydrogen-bond acceptors (Lipinski definition) is 2. The molecule has 3 heteroatoms. The smallest absolute Gasteiger partial charge is 0.0339 e. The number of thiophene rings is 1. The fourth-order valence-electron chi connectivity index (χ4n) is 1.80. The average Bonchev–Trinajstić information content (AvgIpc) is 2.74. The van der Waals surface area contributed by atoms with E-state index in [2.05, 4.69) is 51.8 Å². The first-order valence-corrected chi connectivity index (χ1v) is 6.93. The van der Waals surface area contributed by atoms with E-state index in [1.54, 1.807) is 11.3 Å². The van der Waals surface area contributed by atoms with Crippen molar-refractivity contribution in [2.24, 2.45) is 5.73 Å². The van der Waals surface area contributed by atoms with Crippen molar-refractivity contribution < 1.29 is 0 Å². The molecule has 0 bridgehead atoms. The lowest BCUT2D eigenvalue weighted by Gasteiger charge is -2.15. The molecule has 1 aromatic heterocycles. The number of halogens is 1. The zero-order chi connectivity index (χ0) is 11.5. The fraction of sp³-hybridized carbons (Fsp3) is 0.231. The van der Waals surface area contributed by atoms with Gasteiger partial charge in [-0.2, -0.15) is 11.3 Å². The fourth-order valence-corrected chi connectivity index (χ4v) is 2.86. The maximum atomic E-state index is 6.24. The van der Waals surface area contributed by atoms with Gasteiger partial charge in [0.2, 0.25) is 0 Å². The van der Waals surface area contributed by atoms with Gasteiger partial charge in [0, 0.05) is 10.5 Å². The third-order valence-electron chi connectivity index (χ3n) is 2.74. The summed E-state index contributed by atoms with van der Waals surface area (Å²) in [5.41, 5.74) is 10.0. The van der Waals surface area contributed by atoms with Gasteiger partial charge in [0.1, 0.15) is 0 Å². The lowest BCUT2D eigenvalue weighted by atomic mass is 9.97. The second-order valence-corrected chi connectivity index (χ2v) is 5.53. The molecule has 2 aromatic rings. The van der Waals surface area contributed by atoms with Crippen LogP contribution in [-0.2, 0) is 6.42 Å². The normalized spacial score (nSPS) is 12.7. The molecule has 1 unspecified atom stereocenters. The van der Waals surface area contributed by atoms with Crippen LogP contribution in [0.15, 0.2) is 39.5 Å². The van der Waals surface area contributed by atoms with Gasteiger partial charge >= 0.3 is 0 Å². The van der Waals surface area contributed by atoms with Gasteiger partial charge in [-0.25, -0.2) is 0 Å². The van der Waals surface area contributed by atoms with E-state index in [4.69, 9.17) is 5.73 Å². The van der Waals surface area contributed by atoms with E-state index < -0.39 is 0 Å². The zero-order valence-electron chi connectivity index (χ0n) is 9.11. The summed E-state index contributed by atoms with van der Waals surface area (Å²) >= 11 is 5.26. The largest absolute Gasteiger partial charge is 0.324 e. The van der Waals surface area contributed by atoms with Crippen molar-refractivity contribution in [2.75, 3.05) is 0 Å². The van der Waals surface area contributed by atoms with Crippen LogP contribution in [0, 0.1) is 6.92 Å². The summed E-state index contributed by atoms with van der Waals surface area (Å²) in [4.78, 5) is 0. The van der Waals surface area contributed by atoms with Crippen molar-refractivity contribution in [3.05, 3.63) is 56.2 Å².